The van der Waals surface area contributed by atoms with E-state index in [1.54, 1.807) is 11.8 Å². The molecule has 0 aliphatic heterocycles. The Balaban J connectivity index is 3.29. The Bertz CT molecular complexity index is 267. The first-order chi connectivity index (χ1) is 10.2. The third-order valence-corrected chi connectivity index (χ3v) is 4.37. The van der Waals surface area contributed by atoms with Gasteiger partial charge in [-0.1, -0.05) is 51.2 Å². The summed E-state index contributed by atoms with van der Waals surface area (Å²) in [6.45, 7) is 2.23. The molecule has 3 nitrogen and oxygen atoms in total. The zero-order valence-electron chi connectivity index (χ0n) is 13.4. The number of carbonyl (C=O) groups is 1. The van der Waals surface area contributed by atoms with Gasteiger partial charge < -0.3 is 10.2 Å². The van der Waals surface area contributed by atoms with E-state index in [4.69, 9.17) is 5.11 Å². The molecule has 0 aliphatic carbocycles. The van der Waals surface area contributed by atoms with Crippen molar-refractivity contribution in [2.75, 3.05) is 11.5 Å². The molecule has 0 amide bonds. The lowest BCUT2D eigenvalue weighted by molar-refractivity contribution is -0.136. The lowest BCUT2D eigenvalue weighted by Crippen LogP contribution is -2.06. The third-order valence-electron chi connectivity index (χ3n) is 3.35. The van der Waals surface area contributed by atoms with Gasteiger partial charge in [0.15, 0.2) is 0 Å². The number of aliphatic hydroxyl groups is 1. The van der Waals surface area contributed by atoms with Crippen molar-refractivity contribution in [2.45, 2.75) is 77.2 Å². The Morgan fingerprint density at radius 3 is 2.52 bits per heavy atom. The molecule has 2 N–H and O–H groups in total. The lowest BCUT2D eigenvalue weighted by Gasteiger charge is -2.07. The Kier molecular flexibility index (Phi) is 15.5. The average molecular weight is 317 g/mol. The molecule has 0 aromatic rings. The quantitative estimate of drug-likeness (QED) is 0.341. The van der Waals surface area contributed by atoms with Gasteiger partial charge in [-0.05, 0) is 31.4 Å². The van der Waals surface area contributed by atoms with Gasteiger partial charge in [-0.3, -0.25) is 4.79 Å². The summed E-state index contributed by atoms with van der Waals surface area (Å²) in [6.07, 6.45) is 14.7. The standard InChI is InChI=1S/C17H32O3S/c1-2-3-4-5-6-7-8-9-10-11-16(18)12-14-21-15-13-17(19)20/h9-10,16,18H,2-8,11-15H2,1H3,(H,19,20)/b10-9-. The van der Waals surface area contributed by atoms with Gasteiger partial charge in [0.05, 0.1) is 12.5 Å². The van der Waals surface area contributed by atoms with Crippen molar-refractivity contribution >= 4 is 17.7 Å². The first-order valence-electron chi connectivity index (χ1n) is 8.29. The van der Waals surface area contributed by atoms with Crippen LogP contribution in [0.5, 0.6) is 0 Å². The van der Waals surface area contributed by atoms with Gasteiger partial charge in [0.1, 0.15) is 0 Å². The van der Waals surface area contributed by atoms with Gasteiger partial charge in [-0.25, -0.2) is 0 Å². The van der Waals surface area contributed by atoms with Gasteiger partial charge >= 0.3 is 5.97 Å². The molecule has 1 atom stereocenters. The van der Waals surface area contributed by atoms with Crippen LogP contribution in [-0.4, -0.2) is 33.8 Å². The maximum Gasteiger partial charge on any atom is 0.304 e. The molecule has 4 heteroatoms. The molecule has 0 bridgehead atoms. The second-order valence-electron chi connectivity index (χ2n) is 5.46. The van der Waals surface area contributed by atoms with Crippen LogP contribution in [0.4, 0.5) is 0 Å². The molecule has 0 aromatic heterocycles. The van der Waals surface area contributed by atoms with Crippen LogP contribution in [0.3, 0.4) is 0 Å². The second kappa shape index (κ2) is 15.9. The topological polar surface area (TPSA) is 57.5 Å². The van der Waals surface area contributed by atoms with Crippen molar-refractivity contribution in [3.8, 4) is 0 Å². The summed E-state index contributed by atoms with van der Waals surface area (Å²) in [5, 5.41) is 18.3. The van der Waals surface area contributed by atoms with Gasteiger partial charge in [-0.2, -0.15) is 11.8 Å². The van der Waals surface area contributed by atoms with Crippen LogP contribution in [-0.2, 0) is 4.79 Å². The minimum Gasteiger partial charge on any atom is -0.481 e. The van der Waals surface area contributed by atoms with Crippen LogP contribution >= 0.6 is 11.8 Å². The van der Waals surface area contributed by atoms with E-state index in [0.717, 1.165) is 25.0 Å². The number of hydrogen-bond acceptors (Lipinski definition) is 3. The lowest BCUT2D eigenvalue weighted by atomic mass is 10.1. The molecule has 0 aliphatic rings. The first kappa shape index (κ1) is 20.5. The summed E-state index contributed by atoms with van der Waals surface area (Å²) in [7, 11) is 0. The number of aliphatic carboxylic acids is 1. The highest BCUT2D eigenvalue weighted by Crippen LogP contribution is 2.10. The number of carboxylic acids is 1. The Morgan fingerprint density at radius 2 is 1.81 bits per heavy atom. The number of allylic oxidation sites excluding steroid dienone is 1. The summed E-state index contributed by atoms with van der Waals surface area (Å²) >= 11 is 1.60. The fourth-order valence-electron chi connectivity index (χ4n) is 2.01. The fraction of sp³-hybridized carbons (Fsp3) is 0.824. The van der Waals surface area contributed by atoms with E-state index in [1.807, 2.05) is 0 Å². The molecular formula is C17H32O3S. The summed E-state index contributed by atoms with van der Waals surface area (Å²) in [5.74, 6) is 0.719. The van der Waals surface area contributed by atoms with Gasteiger partial charge in [0, 0.05) is 5.75 Å². The van der Waals surface area contributed by atoms with E-state index in [1.165, 1.54) is 38.5 Å². The van der Waals surface area contributed by atoms with E-state index >= 15 is 0 Å². The zero-order chi connectivity index (χ0) is 15.8. The van der Waals surface area contributed by atoms with E-state index in [9.17, 15) is 9.90 Å². The van der Waals surface area contributed by atoms with Crippen LogP contribution in [0.1, 0.15) is 71.1 Å². The number of hydrogen-bond donors (Lipinski definition) is 2. The molecular weight excluding hydrogens is 284 g/mol. The SMILES string of the molecule is CCCCCCCC/C=C\CC(O)CCSCCC(=O)O. The molecule has 0 radical (unpaired) electrons. The normalized spacial score (nSPS) is 12.9. The highest BCUT2D eigenvalue weighted by Gasteiger charge is 2.02. The molecule has 0 heterocycles. The van der Waals surface area contributed by atoms with Crippen molar-refractivity contribution in [1.82, 2.24) is 0 Å². The highest BCUT2D eigenvalue weighted by molar-refractivity contribution is 7.99. The molecule has 0 spiro atoms. The fourth-order valence-corrected chi connectivity index (χ4v) is 2.97. The molecule has 124 valence electrons. The molecule has 0 aromatic carbocycles. The summed E-state index contributed by atoms with van der Waals surface area (Å²) in [4.78, 5) is 10.3. The molecule has 0 fully saturated rings. The average Bonchev–Trinajstić information content (AvgIpc) is 2.45. The van der Waals surface area contributed by atoms with Crippen LogP contribution in [0, 0.1) is 0 Å². The summed E-state index contributed by atoms with van der Waals surface area (Å²) in [5.41, 5.74) is 0. The van der Waals surface area contributed by atoms with Crippen molar-refractivity contribution in [2.24, 2.45) is 0 Å². The number of carboxylic acid groups (broad SMARTS) is 1. The van der Waals surface area contributed by atoms with Crippen molar-refractivity contribution in [3.63, 3.8) is 0 Å². The highest BCUT2D eigenvalue weighted by atomic mass is 32.2. The van der Waals surface area contributed by atoms with Crippen LogP contribution in [0.2, 0.25) is 0 Å². The van der Waals surface area contributed by atoms with E-state index in [2.05, 4.69) is 19.1 Å². The number of rotatable bonds is 15. The first-order valence-corrected chi connectivity index (χ1v) is 9.44. The minimum absolute atomic E-state index is 0.207. The molecule has 0 saturated heterocycles. The summed E-state index contributed by atoms with van der Waals surface area (Å²) in [6, 6.07) is 0. The van der Waals surface area contributed by atoms with Crippen molar-refractivity contribution in [1.29, 1.82) is 0 Å². The van der Waals surface area contributed by atoms with Gasteiger partial charge in [0.2, 0.25) is 0 Å². The zero-order valence-corrected chi connectivity index (χ0v) is 14.2. The van der Waals surface area contributed by atoms with E-state index in [-0.39, 0.29) is 12.5 Å². The maximum atomic E-state index is 10.3. The number of aliphatic hydroxyl groups excluding tert-OH is 1. The number of thioether (sulfide) groups is 1. The smallest absolute Gasteiger partial charge is 0.304 e. The Hall–Kier alpha value is -0.480. The molecule has 1 unspecified atom stereocenters. The Morgan fingerprint density at radius 1 is 1.10 bits per heavy atom. The molecule has 0 rings (SSSR count). The van der Waals surface area contributed by atoms with Crippen molar-refractivity contribution in [3.05, 3.63) is 12.2 Å². The minimum atomic E-state index is -0.749. The predicted molar refractivity (Wildman–Crippen MR) is 92.0 cm³/mol. The van der Waals surface area contributed by atoms with Crippen molar-refractivity contribution < 1.29 is 15.0 Å². The van der Waals surface area contributed by atoms with Gasteiger partial charge in [-0.15, -0.1) is 0 Å². The number of unbranched alkanes of at least 4 members (excludes halogenated alkanes) is 6. The summed E-state index contributed by atoms with van der Waals surface area (Å²) < 4.78 is 0. The van der Waals surface area contributed by atoms with E-state index in [0.29, 0.717) is 5.75 Å². The second-order valence-corrected chi connectivity index (χ2v) is 6.69. The monoisotopic (exact) mass is 316 g/mol. The molecule has 0 saturated carbocycles. The van der Waals surface area contributed by atoms with Crippen LogP contribution < -0.4 is 0 Å². The molecule has 21 heavy (non-hydrogen) atoms. The van der Waals surface area contributed by atoms with Crippen LogP contribution in [0.25, 0.3) is 0 Å². The maximum absolute atomic E-state index is 10.3. The van der Waals surface area contributed by atoms with Gasteiger partial charge in [0.25, 0.3) is 0 Å². The largest absolute Gasteiger partial charge is 0.481 e. The van der Waals surface area contributed by atoms with Crippen LogP contribution in [0.15, 0.2) is 12.2 Å². The third kappa shape index (κ3) is 17.5. The Labute approximate surface area is 134 Å². The predicted octanol–water partition coefficient (Wildman–Crippen LogP) is 4.64. The van der Waals surface area contributed by atoms with E-state index < -0.39 is 5.97 Å².